The highest BCUT2D eigenvalue weighted by Crippen LogP contribution is 2.25. The van der Waals surface area contributed by atoms with E-state index in [9.17, 15) is 9.90 Å². The van der Waals surface area contributed by atoms with Gasteiger partial charge in [-0.1, -0.05) is 18.7 Å². The van der Waals surface area contributed by atoms with Crippen molar-refractivity contribution in [2.45, 2.75) is 38.6 Å². The molecular weight excluding hydrogens is 420 g/mol. The zero-order valence-corrected chi connectivity index (χ0v) is 19.4. The highest BCUT2D eigenvalue weighted by molar-refractivity contribution is 5.75. The van der Waals surface area contributed by atoms with Crippen LogP contribution in [0.15, 0.2) is 42.8 Å². The number of aliphatic carboxylic acids is 1. The van der Waals surface area contributed by atoms with Crippen LogP contribution in [0.3, 0.4) is 0 Å². The van der Waals surface area contributed by atoms with Crippen LogP contribution in [0.5, 0.6) is 0 Å². The number of carbonyl (C=O) groups is 1. The molecule has 0 amide bonds. The van der Waals surface area contributed by atoms with Crippen molar-refractivity contribution in [2.24, 2.45) is 0 Å². The molecule has 0 aromatic carbocycles. The van der Waals surface area contributed by atoms with Crippen molar-refractivity contribution in [2.75, 3.05) is 38.6 Å². The summed E-state index contributed by atoms with van der Waals surface area (Å²) in [5.74, 6) is -0.380. The zero-order valence-electron chi connectivity index (χ0n) is 19.4. The molecule has 2 unspecified atom stereocenters. The van der Waals surface area contributed by atoms with Crippen LogP contribution in [0.25, 0.3) is 5.57 Å². The van der Waals surface area contributed by atoms with E-state index in [1.165, 1.54) is 0 Å². The van der Waals surface area contributed by atoms with Crippen LogP contribution < -0.4 is 11.1 Å². The number of nitrogen functional groups attached to an aromatic ring is 1. The summed E-state index contributed by atoms with van der Waals surface area (Å²) in [6.45, 7) is 11.7. The maximum atomic E-state index is 11.3. The molecule has 0 spiro atoms. The van der Waals surface area contributed by atoms with E-state index in [0.717, 1.165) is 41.3 Å². The van der Waals surface area contributed by atoms with Gasteiger partial charge in [0.1, 0.15) is 11.9 Å². The number of hydrogen-bond donors (Lipinski definition) is 4. The van der Waals surface area contributed by atoms with Gasteiger partial charge in [-0.05, 0) is 38.3 Å². The minimum atomic E-state index is -0.823. The molecule has 2 atom stereocenters. The second kappa shape index (κ2) is 11.6. The molecule has 0 radical (unpaired) electrons. The zero-order chi connectivity index (χ0) is 23.8. The number of carboxylic acid groups (broad SMARTS) is 1. The summed E-state index contributed by atoms with van der Waals surface area (Å²) < 4.78 is 5.42. The minimum Gasteiger partial charge on any atom is -0.480 e. The van der Waals surface area contributed by atoms with Crippen LogP contribution in [-0.2, 0) is 9.53 Å². The van der Waals surface area contributed by atoms with Crippen molar-refractivity contribution in [3.8, 4) is 0 Å². The summed E-state index contributed by atoms with van der Waals surface area (Å²) in [4.78, 5) is 18.4. The minimum absolute atomic E-state index is 0.0564. The highest BCUT2D eigenvalue weighted by Gasteiger charge is 2.27. The number of nitrogens with zero attached hydrogens (tertiary/aromatic N) is 3. The number of ether oxygens (including phenoxy) is 1. The Hall–Kier alpha value is -3.17. The standard InChI is InChI=1S/C24H34N6O3/c1-4-18(6-5-16(2)30-9-11-33-12-10-30)20-15-27-29-23(25)13-22(28-17(20)3)19-7-8-21(24(31)32)26-14-19/h4-6,13,15,19,21,26,29H,2,7-12,14,25H2,1,3H3,(H,31,32)/b6-5-,18-4+,20-17?,23-13?,27-15?,28-22?. The number of rotatable bonds is 6. The quantitative estimate of drug-likeness (QED) is 0.483. The molecule has 2 fully saturated rings. The maximum absolute atomic E-state index is 11.3. The smallest absolute Gasteiger partial charge is 0.320 e. The summed E-state index contributed by atoms with van der Waals surface area (Å²) >= 11 is 0. The summed E-state index contributed by atoms with van der Waals surface area (Å²) in [6, 6.07) is 1.26. The van der Waals surface area contributed by atoms with Crippen molar-refractivity contribution in [1.82, 2.24) is 25.4 Å². The first-order valence-electron chi connectivity index (χ1n) is 11.3. The van der Waals surface area contributed by atoms with Crippen LogP contribution in [0, 0.1) is 6.92 Å². The topological polar surface area (TPSA) is 129 Å². The Morgan fingerprint density at radius 2 is 2.09 bits per heavy atom. The number of nitrogens with two attached hydrogens (primary N) is 1. The third-order valence-corrected chi connectivity index (χ3v) is 6.00. The van der Waals surface area contributed by atoms with Gasteiger partial charge >= 0.3 is 5.97 Å². The van der Waals surface area contributed by atoms with Crippen LogP contribution >= 0.6 is 0 Å². The third-order valence-electron chi connectivity index (χ3n) is 6.00. The second-order valence-corrected chi connectivity index (χ2v) is 8.25. The highest BCUT2D eigenvalue weighted by atomic mass is 16.5. The molecule has 0 saturated carbocycles. The first kappa shape index (κ1) is 24.5. The van der Waals surface area contributed by atoms with Gasteiger partial charge in [0.05, 0.1) is 19.4 Å². The lowest BCUT2D eigenvalue weighted by Gasteiger charge is -2.29. The van der Waals surface area contributed by atoms with Crippen molar-refractivity contribution >= 4 is 17.4 Å². The molecule has 0 aliphatic carbocycles. The Morgan fingerprint density at radius 3 is 2.73 bits per heavy atom. The normalized spacial score (nSPS) is 21.6. The number of anilines is 1. The molecule has 9 heteroatoms. The van der Waals surface area contributed by atoms with Crippen molar-refractivity contribution in [3.63, 3.8) is 0 Å². The van der Waals surface area contributed by atoms with Gasteiger partial charge in [0.15, 0.2) is 0 Å². The average Bonchev–Trinajstić information content (AvgIpc) is 2.89. The fourth-order valence-electron chi connectivity index (χ4n) is 4.04. The van der Waals surface area contributed by atoms with Crippen LogP contribution in [0.2, 0.25) is 0 Å². The van der Waals surface area contributed by atoms with Crippen LogP contribution in [-0.4, -0.2) is 70.0 Å². The van der Waals surface area contributed by atoms with Crippen molar-refractivity contribution < 1.29 is 14.6 Å². The Balaban J connectivity index is 1.89. The number of piperidine rings is 1. The molecule has 1 aromatic heterocycles. The van der Waals surface area contributed by atoms with Crippen LogP contribution in [0.1, 0.15) is 42.6 Å². The molecule has 3 heterocycles. The number of aryl methyl sites for hydroxylation is 1. The maximum Gasteiger partial charge on any atom is 0.320 e. The molecule has 0 bridgehead atoms. The van der Waals surface area contributed by atoms with E-state index in [-0.39, 0.29) is 5.92 Å². The number of carboxylic acids is 1. The fraction of sp³-hybridized carbons (Fsp3) is 0.458. The lowest BCUT2D eigenvalue weighted by Crippen LogP contribution is -2.43. The fourth-order valence-corrected chi connectivity index (χ4v) is 4.04. The Kier molecular flexibility index (Phi) is 8.62. The average molecular weight is 455 g/mol. The Labute approximate surface area is 194 Å². The number of H-pyrrole nitrogens is 1. The molecule has 5 N–H and O–H groups in total. The summed E-state index contributed by atoms with van der Waals surface area (Å²) in [7, 11) is 0. The largest absolute Gasteiger partial charge is 0.480 e. The number of aromatic nitrogens is 3. The van der Waals surface area contributed by atoms with Crippen molar-refractivity contribution in [1.29, 1.82) is 0 Å². The molecule has 2 aliphatic rings. The van der Waals surface area contributed by atoms with Gasteiger partial charge in [-0.25, -0.2) is 0 Å². The van der Waals surface area contributed by atoms with Gasteiger partial charge < -0.3 is 25.8 Å². The predicted molar refractivity (Wildman–Crippen MR) is 129 cm³/mol. The molecule has 3 rings (SSSR count). The van der Waals surface area contributed by atoms with E-state index in [1.54, 1.807) is 12.3 Å². The number of aromatic amines is 1. The number of morpholine rings is 1. The van der Waals surface area contributed by atoms with E-state index < -0.39 is 12.0 Å². The SMILES string of the molecule is C=C(/C=C\C(=C/C)c1cn[nH]c(N)cc(C2CCC(C(=O)O)NC2)nc1C)N1CCOCC1. The number of nitrogens with one attached hydrogen (secondary N) is 2. The molecule has 2 aliphatic heterocycles. The summed E-state index contributed by atoms with van der Waals surface area (Å²) in [5, 5.41) is 19.5. The molecule has 2 saturated heterocycles. The second-order valence-electron chi connectivity index (χ2n) is 8.25. The van der Waals surface area contributed by atoms with E-state index in [2.05, 4.69) is 27.0 Å². The van der Waals surface area contributed by atoms with E-state index in [4.69, 9.17) is 15.5 Å². The summed E-state index contributed by atoms with van der Waals surface area (Å²) in [6.07, 6.45) is 9.01. The van der Waals surface area contributed by atoms with Gasteiger partial charge in [-0.15, -0.1) is 0 Å². The van der Waals surface area contributed by atoms with Gasteiger partial charge in [-0.3, -0.25) is 14.9 Å². The first-order valence-corrected chi connectivity index (χ1v) is 11.3. The third kappa shape index (κ3) is 6.66. The van der Waals surface area contributed by atoms with Gasteiger partial charge in [-0.2, -0.15) is 5.10 Å². The molecule has 178 valence electrons. The molecule has 33 heavy (non-hydrogen) atoms. The first-order chi connectivity index (χ1) is 15.9. The predicted octanol–water partition coefficient (Wildman–Crippen LogP) is 2.55. The lowest BCUT2D eigenvalue weighted by atomic mass is 9.92. The molecule has 9 nitrogen and oxygen atoms in total. The number of allylic oxidation sites excluding steroid dienone is 4. The molecular formula is C24H34N6O3. The number of hydrogen-bond acceptors (Lipinski definition) is 7. The van der Waals surface area contributed by atoms with E-state index in [0.29, 0.717) is 38.4 Å². The monoisotopic (exact) mass is 454 g/mol. The Bertz CT molecular complexity index is 968. The molecule has 1 aromatic rings. The van der Waals surface area contributed by atoms with E-state index >= 15 is 0 Å². The van der Waals surface area contributed by atoms with Crippen LogP contribution in [0.4, 0.5) is 5.82 Å². The van der Waals surface area contributed by atoms with E-state index in [1.807, 2.05) is 32.1 Å². The van der Waals surface area contributed by atoms with Gasteiger partial charge in [0, 0.05) is 54.3 Å². The van der Waals surface area contributed by atoms with Gasteiger partial charge in [0.2, 0.25) is 0 Å². The van der Waals surface area contributed by atoms with Gasteiger partial charge in [0.25, 0.3) is 0 Å². The Morgan fingerprint density at radius 1 is 1.33 bits per heavy atom. The summed E-state index contributed by atoms with van der Waals surface area (Å²) in [5.41, 5.74) is 10.5. The lowest BCUT2D eigenvalue weighted by molar-refractivity contribution is -0.140. The van der Waals surface area contributed by atoms with Crippen molar-refractivity contribution in [3.05, 3.63) is 59.7 Å².